The lowest BCUT2D eigenvalue weighted by molar-refractivity contribution is -0.118. The van der Waals surface area contributed by atoms with Gasteiger partial charge in [0.15, 0.2) is 0 Å². The van der Waals surface area contributed by atoms with Crippen LogP contribution in [0.2, 0.25) is 0 Å². The second-order valence-corrected chi connectivity index (χ2v) is 5.52. The van der Waals surface area contributed by atoms with Crippen LogP contribution in [0, 0.1) is 6.92 Å². The van der Waals surface area contributed by atoms with Gasteiger partial charge in [0.2, 0.25) is 5.91 Å². The van der Waals surface area contributed by atoms with Crippen LogP contribution in [0.3, 0.4) is 0 Å². The summed E-state index contributed by atoms with van der Waals surface area (Å²) in [6, 6.07) is 7.89. The first-order valence-corrected chi connectivity index (χ1v) is 7.28. The Morgan fingerprint density at radius 3 is 2.53 bits per heavy atom. The third-order valence-electron chi connectivity index (χ3n) is 2.31. The molecule has 0 aromatic heterocycles. The normalized spacial score (nSPS) is 12.1. The van der Waals surface area contributed by atoms with E-state index in [4.69, 9.17) is 0 Å². The highest BCUT2D eigenvalue weighted by atomic mass is 32.2. The molecule has 3 nitrogen and oxygen atoms in total. The van der Waals surface area contributed by atoms with Crippen molar-refractivity contribution in [3.05, 3.63) is 35.4 Å². The van der Waals surface area contributed by atoms with Crippen LogP contribution < -0.4 is 5.32 Å². The van der Waals surface area contributed by atoms with Crippen LogP contribution in [0.5, 0.6) is 0 Å². The molecule has 0 radical (unpaired) electrons. The van der Waals surface area contributed by atoms with Gasteiger partial charge in [-0.1, -0.05) is 36.8 Å². The lowest BCUT2D eigenvalue weighted by Crippen LogP contribution is -2.29. The molecule has 0 saturated heterocycles. The van der Waals surface area contributed by atoms with Gasteiger partial charge in [-0.25, -0.2) is 0 Å². The van der Waals surface area contributed by atoms with Crippen molar-refractivity contribution in [1.82, 2.24) is 5.32 Å². The van der Waals surface area contributed by atoms with Crippen LogP contribution in [0.4, 0.5) is 0 Å². The number of carbonyl (C=O) groups excluding carboxylic acids is 1. The number of carbonyl (C=O) groups is 1. The lowest BCUT2D eigenvalue weighted by atomic mass is 10.2. The smallest absolute Gasteiger partial charge is 0.232 e. The first-order valence-electron chi connectivity index (χ1n) is 5.79. The standard InChI is InChI=1S/C13H19NO2S/c1-3-8-14-13(15)10-17(16)9-12-6-4-11(2)5-7-12/h4-7H,3,8-10H2,1-2H3,(H,14,15). The molecule has 0 bridgehead atoms. The Labute approximate surface area is 105 Å². The molecule has 0 spiro atoms. The monoisotopic (exact) mass is 253 g/mol. The van der Waals surface area contributed by atoms with Crippen molar-refractivity contribution in [2.75, 3.05) is 12.3 Å². The summed E-state index contributed by atoms with van der Waals surface area (Å²) < 4.78 is 11.7. The highest BCUT2D eigenvalue weighted by Gasteiger charge is 2.07. The zero-order chi connectivity index (χ0) is 12.7. The summed E-state index contributed by atoms with van der Waals surface area (Å²) in [5.74, 6) is 0.408. The first kappa shape index (κ1) is 13.9. The van der Waals surface area contributed by atoms with Crippen molar-refractivity contribution in [3.63, 3.8) is 0 Å². The summed E-state index contributed by atoms with van der Waals surface area (Å²) in [6.07, 6.45) is 0.899. The molecule has 1 amide bonds. The van der Waals surface area contributed by atoms with E-state index in [1.54, 1.807) is 0 Å². The van der Waals surface area contributed by atoms with Crippen LogP contribution in [0.25, 0.3) is 0 Å². The van der Waals surface area contributed by atoms with E-state index in [9.17, 15) is 9.00 Å². The molecule has 1 rings (SSSR count). The summed E-state index contributed by atoms with van der Waals surface area (Å²) in [5, 5.41) is 2.73. The van der Waals surface area contributed by atoms with Crippen LogP contribution in [0.1, 0.15) is 24.5 Å². The molecule has 0 heterocycles. The van der Waals surface area contributed by atoms with E-state index in [1.807, 2.05) is 38.1 Å². The zero-order valence-electron chi connectivity index (χ0n) is 10.4. The summed E-state index contributed by atoms with van der Waals surface area (Å²) in [7, 11) is -1.12. The Kier molecular flexibility index (Phi) is 5.91. The van der Waals surface area contributed by atoms with Crippen LogP contribution in [0.15, 0.2) is 24.3 Å². The predicted octanol–water partition coefficient (Wildman–Crippen LogP) is 1.77. The van der Waals surface area contributed by atoms with E-state index in [1.165, 1.54) is 5.56 Å². The SMILES string of the molecule is CCCNC(=O)CS(=O)Cc1ccc(C)cc1. The van der Waals surface area contributed by atoms with E-state index in [2.05, 4.69) is 5.32 Å². The molecular weight excluding hydrogens is 234 g/mol. The fourth-order valence-electron chi connectivity index (χ4n) is 1.38. The molecule has 0 fully saturated rings. The minimum Gasteiger partial charge on any atom is -0.355 e. The molecule has 17 heavy (non-hydrogen) atoms. The molecule has 0 saturated carbocycles. The molecular formula is C13H19NO2S. The minimum atomic E-state index is -1.12. The van der Waals surface area contributed by atoms with Gasteiger partial charge in [0.25, 0.3) is 0 Å². The molecule has 94 valence electrons. The van der Waals surface area contributed by atoms with E-state index in [-0.39, 0.29) is 11.7 Å². The topological polar surface area (TPSA) is 46.2 Å². The third kappa shape index (κ3) is 5.63. The van der Waals surface area contributed by atoms with Gasteiger partial charge in [-0.3, -0.25) is 9.00 Å². The summed E-state index contributed by atoms with van der Waals surface area (Å²) >= 11 is 0. The summed E-state index contributed by atoms with van der Waals surface area (Å²) in [5.41, 5.74) is 2.19. The minimum absolute atomic E-state index is 0.0911. The largest absolute Gasteiger partial charge is 0.355 e. The van der Waals surface area contributed by atoms with Crippen LogP contribution >= 0.6 is 0 Å². The number of nitrogens with one attached hydrogen (secondary N) is 1. The number of hydrogen-bond donors (Lipinski definition) is 1. The fraction of sp³-hybridized carbons (Fsp3) is 0.462. The maximum atomic E-state index is 11.7. The van der Waals surface area contributed by atoms with Crippen LogP contribution in [-0.2, 0) is 21.3 Å². The zero-order valence-corrected chi connectivity index (χ0v) is 11.2. The maximum Gasteiger partial charge on any atom is 0.232 e. The Morgan fingerprint density at radius 1 is 1.29 bits per heavy atom. The number of benzene rings is 1. The maximum absolute atomic E-state index is 11.7. The summed E-state index contributed by atoms with van der Waals surface area (Å²) in [4.78, 5) is 11.4. The fourth-order valence-corrected chi connectivity index (χ4v) is 2.44. The van der Waals surface area contributed by atoms with E-state index < -0.39 is 10.8 Å². The van der Waals surface area contributed by atoms with Gasteiger partial charge in [-0.2, -0.15) is 0 Å². The van der Waals surface area contributed by atoms with Crippen molar-refractivity contribution >= 4 is 16.7 Å². The average molecular weight is 253 g/mol. The number of aryl methyl sites for hydroxylation is 1. The van der Waals surface area contributed by atoms with E-state index in [0.29, 0.717) is 12.3 Å². The van der Waals surface area contributed by atoms with Gasteiger partial charge in [-0.15, -0.1) is 0 Å². The highest BCUT2D eigenvalue weighted by Crippen LogP contribution is 2.06. The lowest BCUT2D eigenvalue weighted by Gasteiger charge is -2.04. The Hall–Kier alpha value is -1.16. The Morgan fingerprint density at radius 2 is 1.94 bits per heavy atom. The Balaban J connectivity index is 2.39. The second kappa shape index (κ2) is 7.22. The van der Waals surface area contributed by atoms with E-state index >= 15 is 0 Å². The van der Waals surface area contributed by atoms with Crippen molar-refractivity contribution in [2.45, 2.75) is 26.0 Å². The van der Waals surface area contributed by atoms with Gasteiger partial charge in [0, 0.05) is 23.1 Å². The number of amides is 1. The third-order valence-corrected chi connectivity index (χ3v) is 3.55. The molecule has 4 heteroatoms. The van der Waals surface area contributed by atoms with Gasteiger partial charge < -0.3 is 5.32 Å². The second-order valence-electron chi connectivity index (χ2n) is 4.06. The Bertz CT molecular complexity index is 387. The van der Waals surface area contributed by atoms with Crippen molar-refractivity contribution < 1.29 is 9.00 Å². The molecule has 0 aliphatic rings. The molecule has 1 atom stereocenters. The predicted molar refractivity (Wildman–Crippen MR) is 71.2 cm³/mol. The van der Waals surface area contributed by atoms with Gasteiger partial charge in [0.05, 0.1) is 0 Å². The van der Waals surface area contributed by atoms with Gasteiger partial charge in [-0.05, 0) is 18.9 Å². The average Bonchev–Trinajstić information content (AvgIpc) is 2.29. The van der Waals surface area contributed by atoms with Gasteiger partial charge >= 0.3 is 0 Å². The highest BCUT2D eigenvalue weighted by molar-refractivity contribution is 7.84. The molecule has 1 aromatic carbocycles. The molecule has 1 unspecified atom stereocenters. The van der Waals surface area contributed by atoms with E-state index in [0.717, 1.165) is 12.0 Å². The van der Waals surface area contributed by atoms with Gasteiger partial charge in [0.1, 0.15) is 5.75 Å². The molecule has 1 aromatic rings. The summed E-state index contributed by atoms with van der Waals surface area (Å²) in [6.45, 7) is 4.66. The molecule has 0 aliphatic heterocycles. The van der Waals surface area contributed by atoms with Crippen LogP contribution in [-0.4, -0.2) is 22.4 Å². The molecule has 1 N–H and O–H groups in total. The first-order chi connectivity index (χ1) is 8.11. The van der Waals surface area contributed by atoms with Crippen molar-refractivity contribution in [3.8, 4) is 0 Å². The van der Waals surface area contributed by atoms with Crippen molar-refractivity contribution in [2.24, 2.45) is 0 Å². The molecule has 0 aliphatic carbocycles. The number of hydrogen-bond acceptors (Lipinski definition) is 2. The number of rotatable bonds is 6. The quantitative estimate of drug-likeness (QED) is 0.840. The van der Waals surface area contributed by atoms with Crippen molar-refractivity contribution in [1.29, 1.82) is 0 Å².